The summed E-state index contributed by atoms with van der Waals surface area (Å²) in [4.78, 5) is 31.1. The molecule has 2 saturated heterocycles. The number of cyclic esters (lactones) is 1. The molecule has 0 spiro atoms. The quantitative estimate of drug-likeness (QED) is 0.0525. The topological polar surface area (TPSA) is 267 Å². The second-order valence-corrected chi connectivity index (χ2v) is 22.1. The van der Waals surface area contributed by atoms with Crippen molar-refractivity contribution in [2.75, 3.05) is 54.2 Å². The van der Waals surface area contributed by atoms with Crippen LogP contribution in [0.3, 0.4) is 0 Å². The van der Waals surface area contributed by atoms with Gasteiger partial charge in [0, 0.05) is 83.7 Å². The van der Waals surface area contributed by atoms with Crippen LogP contribution in [0.15, 0.2) is 60.5 Å². The smallest absolute Gasteiger partial charge is 0.308 e. The minimum Gasteiger partial charge on any atom is -0.494 e. The van der Waals surface area contributed by atoms with E-state index in [9.17, 15) is 30.0 Å². The molecule has 4 N–H and O–H groups in total. The highest BCUT2D eigenvalue weighted by Gasteiger charge is 2.49. The highest BCUT2D eigenvalue weighted by atomic mass is 32.1. The summed E-state index contributed by atoms with van der Waals surface area (Å²) in [6, 6.07) is 6.93. The Morgan fingerprint density at radius 2 is 1.59 bits per heavy atom. The first-order valence-corrected chi connectivity index (χ1v) is 29.0. The number of aromatic nitrogens is 5. The summed E-state index contributed by atoms with van der Waals surface area (Å²) in [7, 11) is 4.76. The van der Waals surface area contributed by atoms with E-state index in [4.69, 9.17) is 47.4 Å². The SMILES string of the molecule is CCOC(C[C@H]1C[C@@H](C)C(=O)C=CC(C)=C[C@H](COC2OC(C)C(O)C(OC)C2OC)[C@@H](CC)OC(=O)C[C@@H](O)[C@H](C)[C@H]1OC1OC(C)C(O)C(N(C)CCc2cn(CCCOc3ccc(-c4cnns4)cc3)nn2)C1O)OCC. The van der Waals surface area contributed by atoms with Gasteiger partial charge in [0.05, 0.1) is 73.0 Å². The number of hydrogen-bond donors (Lipinski definition) is 4. The summed E-state index contributed by atoms with van der Waals surface area (Å²) < 4.78 is 66.8. The molecule has 3 aliphatic heterocycles. The van der Waals surface area contributed by atoms with Crippen molar-refractivity contribution in [1.29, 1.82) is 0 Å². The van der Waals surface area contributed by atoms with Gasteiger partial charge in [-0.3, -0.25) is 19.2 Å². The Kier molecular flexibility index (Phi) is 26.0. The van der Waals surface area contributed by atoms with E-state index in [2.05, 4.69) is 19.9 Å². The zero-order chi connectivity index (χ0) is 58.0. The summed E-state index contributed by atoms with van der Waals surface area (Å²) >= 11 is 1.34. The second-order valence-electron chi connectivity index (χ2n) is 21.3. The average Bonchev–Trinajstić information content (AvgIpc) is 4.16. The van der Waals surface area contributed by atoms with E-state index in [0.29, 0.717) is 57.7 Å². The third-order valence-electron chi connectivity index (χ3n) is 15.4. The van der Waals surface area contributed by atoms with Crippen molar-refractivity contribution in [3.63, 3.8) is 0 Å². The fraction of sp³-hybridized carbons (Fsp3) is 0.719. The van der Waals surface area contributed by atoms with Crippen molar-refractivity contribution in [2.24, 2.45) is 23.7 Å². The lowest BCUT2D eigenvalue weighted by Gasteiger charge is -2.47. The molecule has 80 heavy (non-hydrogen) atoms. The number of ether oxygens (including phenoxy) is 10. The number of methoxy groups -OCH3 is 2. The van der Waals surface area contributed by atoms with Gasteiger partial charge < -0.3 is 67.8 Å². The third kappa shape index (κ3) is 17.9. The highest BCUT2D eigenvalue weighted by Crippen LogP contribution is 2.37. The molecule has 6 rings (SSSR count). The zero-order valence-electron chi connectivity index (χ0n) is 48.4. The average molecular weight is 1150 g/mol. The molecule has 0 amide bonds. The number of aliphatic hydroxyl groups is 4. The van der Waals surface area contributed by atoms with E-state index < -0.39 is 122 Å². The van der Waals surface area contributed by atoms with Crippen LogP contribution in [0, 0.1) is 23.7 Å². The van der Waals surface area contributed by atoms with E-state index in [1.54, 1.807) is 44.8 Å². The maximum atomic E-state index is 14.2. The summed E-state index contributed by atoms with van der Waals surface area (Å²) in [6.07, 6.45) is -2.20. The summed E-state index contributed by atoms with van der Waals surface area (Å²) in [6.45, 7) is 16.5. The first kappa shape index (κ1) is 65.0. The van der Waals surface area contributed by atoms with Crippen LogP contribution < -0.4 is 4.74 Å². The number of benzene rings is 1. The van der Waals surface area contributed by atoms with Gasteiger partial charge in [-0.2, -0.15) is 0 Å². The van der Waals surface area contributed by atoms with E-state index in [1.165, 1.54) is 31.8 Å². The molecule has 10 unspecified atom stereocenters. The minimum absolute atomic E-state index is 0.000902. The van der Waals surface area contributed by atoms with Gasteiger partial charge in [-0.25, -0.2) is 0 Å². The zero-order valence-corrected chi connectivity index (χ0v) is 49.2. The molecule has 0 saturated carbocycles. The van der Waals surface area contributed by atoms with Gasteiger partial charge in [0.25, 0.3) is 0 Å². The van der Waals surface area contributed by atoms with Crippen LogP contribution in [0.4, 0.5) is 0 Å². The first-order valence-electron chi connectivity index (χ1n) is 28.2. The Balaban J connectivity index is 1.17. The predicted molar refractivity (Wildman–Crippen MR) is 295 cm³/mol. The van der Waals surface area contributed by atoms with Gasteiger partial charge in [0.15, 0.2) is 24.7 Å². The fourth-order valence-electron chi connectivity index (χ4n) is 10.8. The molecule has 22 nitrogen and oxygen atoms in total. The number of rotatable bonds is 24. The fourth-order valence-corrected chi connectivity index (χ4v) is 11.3. The molecule has 448 valence electrons. The summed E-state index contributed by atoms with van der Waals surface area (Å²) in [5.74, 6) is -2.60. The molecule has 2 fully saturated rings. The minimum atomic E-state index is -1.40. The number of aliphatic hydroxyl groups excluding tert-OH is 4. The number of nitrogens with zero attached hydrogens (tertiary/aromatic N) is 6. The largest absolute Gasteiger partial charge is 0.494 e. The van der Waals surface area contributed by atoms with E-state index in [0.717, 1.165) is 21.9 Å². The number of aryl methyl sites for hydroxylation is 1. The maximum Gasteiger partial charge on any atom is 0.308 e. The molecule has 2 aromatic heterocycles. The van der Waals surface area contributed by atoms with Gasteiger partial charge in [0.2, 0.25) is 0 Å². The molecule has 1 aromatic carbocycles. The number of hydrogen-bond acceptors (Lipinski definition) is 22. The van der Waals surface area contributed by atoms with Gasteiger partial charge in [-0.15, -0.1) is 10.2 Å². The van der Waals surface area contributed by atoms with Crippen molar-refractivity contribution >= 4 is 23.3 Å². The lowest BCUT2D eigenvalue weighted by Crippen LogP contribution is -2.64. The maximum absolute atomic E-state index is 14.2. The van der Waals surface area contributed by atoms with Crippen molar-refractivity contribution in [3.05, 3.63) is 66.2 Å². The lowest BCUT2D eigenvalue weighted by molar-refractivity contribution is -0.307. The van der Waals surface area contributed by atoms with Crippen molar-refractivity contribution in [1.82, 2.24) is 29.5 Å². The van der Waals surface area contributed by atoms with Gasteiger partial charge >= 0.3 is 5.97 Å². The van der Waals surface area contributed by atoms with Crippen LogP contribution in [0.5, 0.6) is 5.75 Å². The van der Waals surface area contributed by atoms with Gasteiger partial charge in [-0.1, -0.05) is 48.2 Å². The third-order valence-corrected chi connectivity index (χ3v) is 16.1. The molecule has 17 atom stereocenters. The number of likely N-dealkylation sites (N-methyl/N-ethyl adjacent to an activating group) is 1. The Morgan fingerprint density at radius 1 is 0.887 bits per heavy atom. The Labute approximate surface area is 475 Å². The molecule has 0 radical (unpaired) electrons. The molecule has 3 aromatic rings. The second kappa shape index (κ2) is 32.0. The molecular weight excluding hydrogens is 1060 g/mol. The number of esters is 1. The lowest BCUT2D eigenvalue weighted by atomic mass is 9.79. The number of allylic oxidation sites excluding steroid dienone is 3. The van der Waals surface area contributed by atoms with Crippen molar-refractivity contribution in [3.8, 4) is 16.2 Å². The molecule has 23 heteroatoms. The van der Waals surface area contributed by atoms with Gasteiger partial charge in [0.1, 0.15) is 36.3 Å². The predicted octanol–water partition coefficient (Wildman–Crippen LogP) is 4.95. The molecule has 0 bridgehead atoms. The Hall–Kier alpha value is -4.18. The van der Waals surface area contributed by atoms with Crippen molar-refractivity contribution in [2.45, 2.75) is 186 Å². The summed E-state index contributed by atoms with van der Waals surface area (Å²) in [5.41, 5.74) is 2.46. The monoisotopic (exact) mass is 1140 g/mol. The molecule has 5 heterocycles. The van der Waals surface area contributed by atoms with Crippen LogP contribution in [0.1, 0.15) is 93.2 Å². The number of carbonyl (C=O) groups excluding carboxylic acids is 2. The normalized spacial score (nSPS) is 32.3. The molecular formula is C57H88N6O16S. The molecule has 3 aliphatic rings. The van der Waals surface area contributed by atoms with E-state index in [1.807, 2.05) is 76.1 Å². The van der Waals surface area contributed by atoms with E-state index in [-0.39, 0.29) is 25.2 Å². The molecule has 0 aliphatic carbocycles. The highest BCUT2D eigenvalue weighted by molar-refractivity contribution is 7.09. The number of carbonyl (C=O) groups is 2. The summed E-state index contributed by atoms with van der Waals surface area (Å²) in [5, 5.41) is 59.4. The van der Waals surface area contributed by atoms with Crippen LogP contribution in [-0.2, 0) is 65.2 Å². The first-order chi connectivity index (χ1) is 38.4. The number of ketones is 1. The Bertz CT molecular complexity index is 2360. The van der Waals surface area contributed by atoms with Crippen LogP contribution in [0.25, 0.3) is 10.4 Å². The van der Waals surface area contributed by atoms with Gasteiger partial charge in [-0.05, 0) is 108 Å². The van der Waals surface area contributed by atoms with E-state index >= 15 is 0 Å². The van der Waals surface area contributed by atoms with Crippen LogP contribution in [-0.4, -0.2) is 202 Å². The standard InChI is InChI=1S/C57H88N6O16S/c1-12-45-40(32-75-57-55(71-11)54(70-10)51(68)37(8)77-57)26-33(4)16-21-43(64)34(5)27-39(28-48(72-13-2)73-14-3)53(35(6)44(65)29-47(66)78-45)79-56-52(69)49(50(67)36(7)76-56)62(9)24-22-41-31-63(60-59-41)23-15-25-74-42-19-17-38(18-20-42)46-30-58-61-80-46/h16-21,26,30-31,34-37,39-40,44-45,48-57,65,67-69H,12-15,22-25,27-29,32H2,1-11H3/t34-,35+,36?,37?,39-,40-,44-,45-,49?,50?,51?,52?,53-,54?,55?,56?,57?/m1/s1. The van der Waals surface area contributed by atoms with Crippen LogP contribution in [0.2, 0.25) is 0 Å². The van der Waals surface area contributed by atoms with Crippen molar-refractivity contribution < 1.29 is 77.4 Å². The van der Waals surface area contributed by atoms with Crippen LogP contribution >= 0.6 is 11.5 Å². The Morgan fingerprint density at radius 3 is 2.25 bits per heavy atom.